The maximum absolute atomic E-state index is 13.0. The molecule has 2 unspecified atom stereocenters. The minimum Gasteiger partial charge on any atom is -0.469 e. The first-order valence-electron chi connectivity index (χ1n) is 8.39. The SMILES string of the molecule is COC(=O)CCNC(=O)[C@@H]1OP(=O)(OC2(C#N)C=CC=CC2)OCC1(C)C. The van der Waals surface area contributed by atoms with Crippen molar-refractivity contribution in [2.24, 2.45) is 5.41 Å². The molecular weight excluding hydrogens is 375 g/mol. The van der Waals surface area contributed by atoms with Crippen LogP contribution in [0.3, 0.4) is 0 Å². The van der Waals surface area contributed by atoms with Gasteiger partial charge >= 0.3 is 13.8 Å². The summed E-state index contributed by atoms with van der Waals surface area (Å²) < 4.78 is 33.7. The van der Waals surface area contributed by atoms with Crippen molar-refractivity contribution in [3.8, 4) is 6.07 Å². The molecule has 0 aromatic heterocycles. The Morgan fingerprint density at radius 1 is 1.41 bits per heavy atom. The van der Waals surface area contributed by atoms with Crippen LogP contribution in [0.2, 0.25) is 0 Å². The Morgan fingerprint density at radius 2 is 2.15 bits per heavy atom. The number of phosphoric acid groups is 1. The van der Waals surface area contributed by atoms with Crippen LogP contribution in [0.5, 0.6) is 0 Å². The van der Waals surface area contributed by atoms with Gasteiger partial charge in [-0.1, -0.05) is 32.1 Å². The number of nitriles is 1. The van der Waals surface area contributed by atoms with Crippen LogP contribution in [-0.2, 0) is 32.5 Å². The Bertz CT molecular complexity index is 740. The lowest BCUT2D eigenvalue weighted by atomic mass is 9.87. The van der Waals surface area contributed by atoms with E-state index in [0.717, 1.165) is 0 Å². The fourth-order valence-corrected chi connectivity index (χ4v) is 4.39. The fourth-order valence-electron chi connectivity index (χ4n) is 2.53. The smallest absolute Gasteiger partial charge is 0.469 e. The minimum atomic E-state index is -4.17. The number of nitrogens with one attached hydrogen (secondary N) is 1. The summed E-state index contributed by atoms with van der Waals surface area (Å²) in [5.41, 5.74) is -2.29. The number of allylic oxidation sites excluding steroid dienone is 2. The third-order valence-electron chi connectivity index (χ3n) is 4.13. The van der Waals surface area contributed by atoms with Crippen molar-refractivity contribution in [2.75, 3.05) is 20.3 Å². The molecule has 0 spiro atoms. The van der Waals surface area contributed by atoms with Crippen LogP contribution < -0.4 is 5.32 Å². The zero-order valence-electron chi connectivity index (χ0n) is 15.5. The molecule has 27 heavy (non-hydrogen) atoms. The Balaban J connectivity index is 2.09. The van der Waals surface area contributed by atoms with Gasteiger partial charge in [-0.3, -0.25) is 23.2 Å². The van der Waals surface area contributed by atoms with Gasteiger partial charge in [0.05, 0.1) is 20.1 Å². The van der Waals surface area contributed by atoms with E-state index in [-0.39, 0.29) is 26.0 Å². The highest BCUT2D eigenvalue weighted by molar-refractivity contribution is 7.48. The number of phosphoric ester groups is 1. The van der Waals surface area contributed by atoms with Gasteiger partial charge in [0, 0.05) is 18.4 Å². The molecular formula is C17H23N2O7P. The van der Waals surface area contributed by atoms with Gasteiger partial charge < -0.3 is 10.1 Å². The number of carbonyl (C=O) groups is 2. The number of hydrogen-bond donors (Lipinski definition) is 1. The van der Waals surface area contributed by atoms with Crippen LogP contribution in [0.1, 0.15) is 26.7 Å². The van der Waals surface area contributed by atoms with Crippen LogP contribution in [0, 0.1) is 16.7 Å². The van der Waals surface area contributed by atoms with E-state index < -0.39 is 36.8 Å². The molecule has 10 heteroatoms. The molecule has 1 saturated heterocycles. The number of carbonyl (C=O) groups excluding carboxylic acids is 2. The quantitative estimate of drug-likeness (QED) is 0.532. The summed E-state index contributed by atoms with van der Waals surface area (Å²) >= 11 is 0. The Morgan fingerprint density at radius 3 is 2.74 bits per heavy atom. The average molecular weight is 398 g/mol. The Labute approximate surface area is 157 Å². The number of ether oxygens (including phenoxy) is 1. The summed E-state index contributed by atoms with van der Waals surface area (Å²) in [6, 6.07) is 1.96. The van der Waals surface area contributed by atoms with Crippen LogP contribution in [0.25, 0.3) is 0 Å². The molecule has 0 radical (unpaired) electrons. The van der Waals surface area contributed by atoms with E-state index in [2.05, 4.69) is 10.1 Å². The Kier molecular flexibility index (Phi) is 6.60. The predicted molar refractivity (Wildman–Crippen MR) is 94.2 cm³/mol. The Hall–Kier alpha value is -1.98. The lowest BCUT2D eigenvalue weighted by Crippen LogP contribution is -2.50. The molecule has 0 saturated carbocycles. The number of hydrogen-bond acceptors (Lipinski definition) is 8. The normalized spacial score (nSPS) is 31.7. The molecule has 0 aromatic rings. The second-order valence-corrected chi connectivity index (χ2v) is 8.44. The molecule has 2 aliphatic rings. The van der Waals surface area contributed by atoms with Crippen molar-refractivity contribution in [3.05, 3.63) is 24.3 Å². The van der Waals surface area contributed by atoms with Crippen molar-refractivity contribution in [1.82, 2.24) is 5.32 Å². The lowest BCUT2D eigenvalue weighted by Gasteiger charge is -2.41. The summed E-state index contributed by atoms with van der Waals surface area (Å²) in [6.07, 6.45) is 5.52. The highest BCUT2D eigenvalue weighted by Gasteiger charge is 2.52. The first-order chi connectivity index (χ1) is 12.7. The van der Waals surface area contributed by atoms with Crippen molar-refractivity contribution in [3.63, 3.8) is 0 Å². The number of amides is 1. The van der Waals surface area contributed by atoms with Crippen molar-refractivity contribution < 1.29 is 32.5 Å². The van der Waals surface area contributed by atoms with Gasteiger partial charge in [0.15, 0.2) is 11.7 Å². The van der Waals surface area contributed by atoms with Gasteiger partial charge in [0.25, 0.3) is 0 Å². The maximum Gasteiger partial charge on any atom is 0.477 e. The van der Waals surface area contributed by atoms with Crippen molar-refractivity contribution in [1.29, 1.82) is 5.26 Å². The highest BCUT2D eigenvalue weighted by atomic mass is 31.2. The monoisotopic (exact) mass is 398 g/mol. The zero-order chi connectivity index (χ0) is 20.1. The maximum atomic E-state index is 13.0. The third-order valence-corrected chi connectivity index (χ3v) is 5.59. The summed E-state index contributed by atoms with van der Waals surface area (Å²) in [5, 5.41) is 12.0. The summed E-state index contributed by atoms with van der Waals surface area (Å²) in [5.74, 6) is -1.02. The van der Waals surface area contributed by atoms with Gasteiger partial charge in [0.1, 0.15) is 6.07 Å². The van der Waals surface area contributed by atoms with Crippen LogP contribution in [0.15, 0.2) is 24.3 Å². The van der Waals surface area contributed by atoms with Gasteiger partial charge in [-0.2, -0.15) is 5.26 Å². The molecule has 2 rings (SSSR count). The number of rotatable bonds is 6. The zero-order valence-corrected chi connectivity index (χ0v) is 16.4. The van der Waals surface area contributed by atoms with Crippen LogP contribution >= 0.6 is 7.82 Å². The molecule has 148 valence electrons. The molecule has 1 aliphatic carbocycles. The molecule has 1 heterocycles. The van der Waals surface area contributed by atoms with Gasteiger partial charge in [-0.15, -0.1) is 0 Å². The second-order valence-electron chi connectivity index (χ2n) is 6.90. The van der Waals surface area contributed by atoms with E-state index in [1.165, 1.54) is 13.2 Å². The van der Waals surface area contributed by atoms with E-state index in [1.54, 1.807) is 32.1 Å². The van der Waals surface area contributed by atoms with Crippen molar-refractivity contribution >= 4 is 19.7 Å². The van der Waals surface area contributed by atoms with E-state index >= 15 is 0 Å². The summed E-state index contributed by atoms with van der Waals surface area (Å²) in [7, 11) is -2.92. The van der Waals surface area contributed by atoms with Crippen LogP contribution in [0.4, 0.5) is 0 Å². The first kappa shape index (κ1) is 21.3. The summed E-state index contributed by atoms with van der Waals surface area (Å²) in [4.78, 5) is 23.7. The minimum absolute atomic E-state index is 0.00524. The standard InChI is InChI=1S/C17H23N2O7P/c1-16(2)12-24-27(22,26-17(11-18)8-5-4-6-9-17)25-14(16)15(21)19-10-7-13(20)23-3/h4-6,8,14H,7,9-10,12H2,1-3H3,(H,19,21)/t14-,17?,27?/m0/s1. The predicted octanol–water partition coefficient (Wildman–Crippen LogP) is 2.01. The first-order valence-corrected chi connectivity index (χ1v) is 9.85. The lowest BCUT2D eigenvalue weighted by molar-refractivity contribution is -0.143. The van der Waals surface area contributed by atoms with E-state index in [0.29, 0.717) is 0 Å². The second kappa shape index (κ2) is 8.36. The molecule has 1 aliphatic heterocycles. The topological polar surface area (TPSA) is 124 Å². The molecule has 0 bridgehead atoms. The average Bonchev–Trinajstić information content (AvgIpc) is 2.64. The molecule has 1 fully saturated rings. The van der Waals surface area contributed by atoms with Gasteiger partial charge in [-0.05, 0) is 6.08 Å². The molecule has 1 N–H and O–H groups in total. The number of nitrogens with zero attached hydrogens (tertiary/aromatic N) is 1. The van der Waals surface area contributed by atoms with Crippen molar-refractivity contribution in [2.45, 2.75) is 38.4 Å². The third kappa shape index (κ3) is 5.27. The van der Waals surface area contributed by atoms with Gasteiger partial charge in [-0.25, -0.2) is 4.57 Å². The molecule has 9 nitrogen and oxygen atoms in total. The molecule has 3 atom stereocenters. The number of methoxy groups -OCH3 is 1. The van der Waals surface area contributed by atoms with E-state index in [9.17, 15) is 19.4 Å². The largest absolute Gasteiger partial charge is 0.477 e. The fraction of sp³-hybridized carbons (Fsp3) is 0.588. The van der Waals surface area contributed by atoms with E-state index in [4.69, 9.17) is 13.6 Å². The molecule has 0 aromatic carbocycles. The molecule has 1 amide bonds. The van der Waals surface area contributed by atoms with Gasteiger partial charge in [0.2, 0.25) is 5.91 Å². The summed E-state index contributed by atoms with van der Waals surface area (Å²) in [6.45, 7) is 3.40. The highest BCUT2D eigenvalue weighted by Crippen LogP contribution is 2.60. The number of esters is 1. The van der Waals surface area contributed by atoms with E-state index in [1.807, 2.05) is 6.07 Å². The van der Waals surface area contributed by atoms with Crippen LogP contribution in [-0.4, -0.2) is 43.8 Å².